The fraction of sp³-hybridized carbons (Fsp3) is 0.478. The van der Waals surface area contributed by atoms with Crippen LogP contribution in [0.3, 0.4) is 0 Å². The fourth-order valence-electron chi connectivity index (χ4n) is 2.81. The van der Waals surface area contributed by atoms with Crippen molar-refractivity contribution in [2.45, 2.75) is 58.3 Å². The first-order chi connectivity index (χ1) is 14.9. The topological polar surface area (TPSA) is 112 Å². The largest absolute Gasteiger partial charge is 0.444 e. The number of hydrogen-bond acceptors (Lipinski definition) is 6. The number of nitrogens with one attached hydrogen (secondary N) is 2. The van der Waals surface area contributed by atoms with Gasteiger partial charge in [0, 0.05) is 17.4 Å². The van der Waals surface area contributed by atoms with Gasteiger partial charge >= 0.3 is 6.09 Å². The molecule has 0 radical (unpaired) electrons. The van der Waals surface area contributed by atoms with E-state index in [1.807, 2.05) is 6.07 Å². The highest BCUT2D eigenvalue weighted by molar-refractivity contribution is 7.80. The summed E-state index contributed by atoms with van der Waals surface area (Å²) in [7, 11) is 0. The number of carbonyl (C=O) groups is 3. The van der Waals surface area contributed by atoms with Crippen molar-refractivity contribution in [3.05, 3.63) is 35.4 Å². The summed E-state index contributed by atoms with van der Waals surface area (Å²) in [5, 5.41) is 14.6. The van der Waals surface area contributed by atoms with Crippen molar-refractivity contribution in [3.8, 4) is 18.4 Å². The number of thiol groups is 1. The number of alkyl carbamates (subject to hydrolysis) is 1. The molecule has 2 unspecified atom stereocenters. The number of nitriles is 1. The maximum absolute atomic E-state index is 13.3. The first-order valence-electron chi connectivity index (χ1n) is 10.1. The van der Waals surface area contributed by atoms with Crippen molar-refractivity contribution >= 4 is 30.5 Å². The van der Waals surface area contributed by atoms with E-state index in [1.54, 1.807) is 58.9 Å². The summed E-state index contributed by atoms with van der Waals surface area (Å²) in [4.78, 5) is 39.7. The Balaban J connectivity index is 3.34. The van der Waals surface area contributed by atoms with E-state index in [0.717, 1.165) is 4.90 Å². The van der Waals surface area contributed by atoms with E-state index >= 15 is 0 Å². The van der Waals surface area contributed by atoms with Crippen LogP contribution in [0.2, 0.25) is 0 Å². The van der Waals surface area contributed by atoms with Crippen LogP contribution in [-0.2, 0) is 14.3 Å². The average molecular weight is 459 g/mol. The zero-order valence-electron chi connectivity index (χ0n) is 19.0. The summed E-state index contributed by atoms with van der Waals surface area (Å²) >= 11 is 4.17. The van der Waals surface area contributed by atoms with Crippen LogP contribution < -0.4 is 10.6 Å². The molecule has 2 N–H and O–H groups in total. The first kappa shape index (κ1) is 26.9. The molecule has 0 fully saturated rings. The molecule has 1 aromatic carbocycles. The Morgan fingerprint density at radius 1 is 1.19 bits per heavy atom. The van der Waals surface area contributed by atoms with Crippen molar-refractivity contribution in [3.63, 3.8) is 0 Å². The molecule has 0 aliphatic rings. The molecule has 0 saturated carbocycles. The average Bonchev–Trinajstić information content (AvgIpc) is 2.69. The molecule has 1 aromatic rings. The van der Waals surface area contributed by atoms with E-state index < -0.39 is 35.6 Å². The molecule has 0 aliphatic carbocycles. The number of terminal acetylenes is 1. The van der Waals surface area contributed by atoms with E-state index in [4.69, 9.17) is 11.2 Å². The number of nitrogens with zero attached hydrogens (tertiary/aromatic N) is 2. The molecule has 0 saturated heterocycles. The number of rotatable bonds is 8. The summed E-state index contributed by atoms with van der Waals surface area (Å²) in [6.45, 7) is 8.27. The van der Waals surface area contributed by atoms with E-state index in [0.29, 0.717) is 11.1 Å². The predicted molar refractivity (Wildman–Crippen MR) is 125 cm³/mol. The molecule has 1 rings (SSSR count). The summed E-state index contributed by atoms with van der Waals surface area (Å²) in [6, 6.07) is 6.06. The number of benzene rings is 1. The van der Waals surface area contributed by atoms with Crippen molar-refractivity contribution < 1.29 is 19.1 Å². The van der Waals surface area contributed by atoms with Crippen molar-refractivity contribution in [1.82, 2.24) is 15.5 Å². The Labute approximate surface area is 195 Å². The van der Waals surface area contributed by atoms with Crippen LogP contribution >= 0.6 is 12.6 Å². The van der Waals surface area contributed by atoms with Gasteiger partial charge in [-0.15, -0.1) is 6.42 Å². The summed E-state index contributed by atoms with van der Waals surface area (Å²) in [5.41, 5.74) is 0.315. The molecular formula is C23H30N4O4S. The van der Waals surface area contributed by atoms with Gasteiger partial charge in [0.1, 0.15) is 24.2 Å². The number of amides is 3. The Morgan fingerprint density at radius 2 is 1.78 bits per heavy atom. The van der Waals surface area contributed by atoms with Crippen LogP contribution in [0, 0.1) is 23.7 Å². The van der Waals surface area contributed by atoms with Crippen LogP contribution in [0.1, 0.15) is 51.8 Å². The van der Waals surface area contributed by atoms with Gasteiger partial charge in [0.2, 0.25) is 11.8 Å². The second-order valence-electron chi connectivity index (χ2n) is 8.34. The first-order valence-corrected chi connectivity index (χ1v) is 10.7. The minimum Gasteiger partial charge on any atom is -0.444 e. The third-order valence-corrected chi connectivity index (χ3v) is 4.44. The summed E-state index contributed by atoms with van der Waals surface area (Å²) in [6.07, 6.45) is 4.61. The van der Waals surface area contributed by atoms with Gasteiger partial charge < -0.3 is 20.3 Å². The molecule has 9 heteroatoms. The highest BCUT2D eigenvalue weighted by Gasteiger charge is 2.36. The molecule has 2 atom stereocenters. The lowest BCUT2D eigenvalue weighted by molar-refractivity contribution is -0.141. The number of hydrogen-bond donors (Lipinski definition) is 3. The van der Waals surface area contributed by atoms with Crippen LogP contribution in [0.4, 0.5) is 4.79 Å². The van der Waals surface area contributed by atoms with Gasteiger partial charge in [0.15, 0.2) is 0 Å². The SMILES string of the molecule is C#Cc1ccc(C(C(=O)NC(C)C)N(CC#N)C(=O)C(CS)NC(=O)OC(C)(C)C)cc1. The predicted octanol–water partition coefficient (Wildman–Crippen LogP) is 2.41. The van der Waals surface area contributed by atoms with E-state index in [-0.39, 0.29) is 18.3 Å². The van der Waals surface area contributed by atoms with Crippen molar-refractivity contribution in [1.29, 1.82) is 5.26 Å². The third-order valence-electron chi connectivity index (χ3n) is 4.08. The molecule has 32 heavy (non-hydrogen) atoms. The standard InChI is InChI=1S/C23H30N4O4S/c1-7-16-8-10-17(11-9-16)19(20(28)25-15(2)3)27(13-12-24)21(29)18(14-32)26-22(30)31-23(4,5)6/h1,8-11,15,18-19,32H,13-14H2,2-6H3,(H,25,28)(H,26,30). The second-order valence-corrected chi connectivity index (χ2v) is 8.70. The molecular weight excluding hydrogens is 428 g/mol. The van der Waals surface area contributed by atoms with Gasteiger partial charge in [-0.05, 0) is 52.3 Å². The zero-order chi connectivity index (χ0) is 24.5. The van der Waals surface area contributed by atoms with E-state index in [2.05, 4.69) is 29.2 Å². The van der Waals surface area contributed by atoms with Crippen LogP contribution in [0.25, 0.3) is 0 Å². The zero-order valence-corrected chi connectivity index (χ0v) is 19.9. The molecule has 3 amide bonds. The fourth-order valence-corrected chi connectivity index (χ4v) is 3.05. The third kappa shape index (κ3) is 8.16. The summed E-state index contributed by atoms with van der Waals surface area (Å²) < 4.78 is 5.21. The monoisotopic (exact) mass is 458 g/mol. The van der Waals surface area contributed by atoms with Gasteiger partial charge in [-0.1, -0.05) is 18.1 Å². The number of ether oxygens (including phenoxy) is 1. The van der Waals surface area contributed by atoms with Gasteiger partial charge in [-0.2, -0.15) is 17.9 Å². The van der Waals surface area contributed by atoms with Crippen molar-refractivity contribution in [2.75, 3.05) is 12.3 Å². The Morgan fingerprint density at radius 3 is 2.22 bits per heavy atom. The van der Waals surface area contributed by atoms with E-state index in [1.165, 1.54) is 0 Å². The molecule has 0 bridgehead atoms. The number of carbonyl (C=O) groups excluding carboxylic acids is 3. The maximum atomic E-state index is 13.3. The lowest BCUT2D eigenvalue weighted by atomic mass is 10.0. The molecule has 0 heterocycles. The van der Waals surface area contributed by atoms with Gasteiger partial charge in [-0.3, -0.25) is 9.59 Å². The van der Waals surface area contributed by atoms with Gasteiger partial charge in [-0.25, -0.2) is 4.79 Å². The molecule has 172 valence electrons. The minimum absolute atomic E-state index is 0.0610. The molecule has 0 aliphatic heterocycles. The quantitative estimate of drug-likeness (QED) is 0.315. The highest BCUT2D eigenvalue weighted by atomic mass is 32.1. The molecule has 8 nitrogen and oxygen atoms in total. The maximum Gasteiger partial charge on any atom is 0.408 e. The Hall–Kier alpha value is -3.17. The highest BCUT2D eigenvalue weighted by Crippen LogP contribution is 2.23. The van der Waals surface area contributed by atoms with Crippen LogP contribution in [0.15, 0.2) is 24.3 Å². The molecule has 0 aromatic heterocycles. The normalized spacial score (nSPS) is 12.7. The van der Waals surface area contributed by atoms with Crippen LogP contribution in [-0.4, -0.2) is 52.8 Å². The van der Waals surface area contributed by atoms with Crippen LogP contribution in [0.5, 0.6) is 0 Å². The van der Waals surface area contributed by atoms with E-state index in [9.17, 15) is 19.6 Å². The Kier molecular flexibility index (Phi) is 10.1. The summed E-state index contributed by atoms with van der Waals surface area (Å²) in [5.74, 6) is 1.33. The molecule has 0 spiro atoms. The van der Waals surface area contributed by atoms with Crippen molar-refractivity contribution in [2.24, 2.45) is 0 Å². The minimum atomic E-state index is -1.11. The Bertz CT molecular complexity index is 895. The second kappa shape index (κ2) is 12.0. The lowest BCUT2D eigenvalue weighted by Crippen LogP contribution is -2.54. The van der Waals surface area contributed by atoms with Gasteiger partial charge in [0.05, 0.1) is 6.07 Å². The lowest BCUT2D eigenvalue weighted by Gasteiger charge is -2.33. The van der Waals surface area contributed by atoms with Gasteiger partial charge in [0.25, 0.3) is 0 Å². The smallest absolute Gasteiger partial charge is 0.408 e.